The molecule has 0 heterocycles. The second-order valence-electron chi connectivity index (χ2n) is 2.29. The lowest BCUT2D eigenvalue weighted by atomic mass is 10.3. The summed E-state index contributed by atoms with van der Waals surface area (Å²) in [7, 11) is 1.56. The molecular weight excluding hydrogens is 339 g/mol. The molecule has 0 saturated carbocycles. The van der Waals surface area contributed by atoms with Gasteiger partial charge in [-0.15, -0.1) is 0 Å². The molecule has 2 nitrogen and oxygen atoms in total. The fourth-order valence-electron chi connectivity index (χ4n) is 0.578. The van der Waals surface area contributed by atoms with Crippen LogP contribution in [0, 0.1) is 0 Å². The number of amides is 1. The van der Waals surface area contributed by atoms with Crippen molar-refractivity contribution in [2.75, 3.05) is 7.05 Å². The van der Waals surface area contributed by atoms with Crippen LogP contribution in [0.15, 0.2) is 0 Å². The number of halogens is 6. The maximum absolute atomic E-state index is 9.06. The fraction of sp³-hybridized carbons (Fsp3) is 0.125. The molecule has 1 N–H and O–H groups in total. The first-order valence-corrected chi connectivity index (χ1v) is 5.93. The molecule has 0 radical (unpaired) electrons. The van der Waals surface area contributed by atoms with Crippen molar-refractivity contribution >= 4 is 76.0 Å². The first-order valence-electron chi connectivity index (χ1n) is 3.66. The summed E-state index contributed by atoms with van der Waals surface area (Å²) >= 11 is 34.0. The first kappa shape index (κ1) is 16.4. The largest absolute Gasteiger partial charge is 0.362 e. The molecule has 0 spiro atoms. The van der Waals surface area contributed by atoms with Crippen LogP contribution in [0.4, 0.5) is 0 Å². The maximum Gasteiger partial charge on any atom is 0.206 e. The van der Waals surface area contributed by atoms with E-state index in [2.05, 4.69) is 5.32 Å². The monoisotopic (exact) mass is 341 g/mol. The minimum atomic E-state index is 0.109. The second-order valence-corrected chi connectivity index (χ2v) is 4.56. The summed E-state index contributed by atoms with van der Waals surface area (Å²) in [5.74, 6) is 0. The highest BCUT2D eigenvalue weighted by molar-refractivity contribution is 6.59. The van der Waals surface area contributed by atoms with Gasteiger partial charge in [-0.3, -0.25) is 4.79 Å². The minimum Gasteiger partial charge on any atom is -0.362 e. The van der Waals surface area contributed by atoms with E-state index in [1.54, 1.807) is 7.05 Å². The average molecular weight is 344 g/mol. The smallest absolute Gasteiger partial charge is 0.206 e. The van der Waals surface area contributed by atoms with E-state index in [9.17, 15) is 0 Å². The Morgan fingerprint density at radius 1 is 0.750 bits per heavy atom. The van der Waals surface area contributed by atoms with Gasteiger partial charge in [0.2, 0.25) is 6.41 Å². The van der Waals surface area contributed by atoms with Crippen molar-refractivity contribution in [1.82, 2.24) is 5.32 Å². The number of carbonyl (C=O) groups excluding carboxylic acids is 1. The van der Waals surface area contributed by atoms with Crippen molar-refractivity contribution in [1.29, 1.82) is 0 Å². The van der Waals surface area contributed by atoms with E-state index >= 15 is 0 Å². The van der Waals surface area contributed by atoms with Gasteiger partial charge in [-0.1, -0.05) is 69.6 Å². The molecule has 0 aliphatic heterocycles. The van der Waals surface area contributed by atoms with E-state index in [1.165, 1.54) is 0 Å². The molecule has 90 valence electrons. The third kappa shape index (κ3) is 4.02. The van der Waals surface area contributed by atoms with E-state index in [0.717, 1.165) is 0 Å². The normalized spacial score (nSPS) is 9.19. The lowest BCUT2D eigenvalue weighted by Crippen LogP contribution is -1.98. The summed E-state index contributed by atoms with van der Waals surface area (Å²) in [6, 6.07) is 0. The Morgan fingerprint density at radius 3 is 0.938 bits per heavy atom. The van der Waals surface area contributed by atoms with Crippen molar-refractivity contribution < 1.29 is 4.79 Å². The third-order valence-corrected chi connectivity index (χ3v) is 4.12. The highest BCUT2D eigenvalue weighted by atomic mass is 35.5. The van der Waals surface area contributed by atoms with Gasteiger partial charge in [0.1, 0.15) is 0 Å². The van der Waals surface area contributed by atoms with E-state index in [1.807, 2.05) is 0 Å². The Bertz CT molecular complexity index is 290. The second kappa shape index (κ2) is 7.70. The topological polar surface area (TPSA) is 29.1 Å². The van der Waals surface area contributed by atoms with Crippen LogP contribution < -0.4 is 5.32 Å². The first-order chi connectivity index (χ1) is 7.38. The predicted octanol–water partition coefficient (Wildman–Crippen LogP) is 4.97. The molecular formula is C8H5Cl6NO. The summed E-state index contributed by atoms with van der Waals surface area (Å²) in [5.41, 5.74) is 0. The maximum atomic E-state index is 9.06. The van der Waals surface area contributed by atoms with Crippen LogP contribution >= 0.6 is 69.6 Å². The van der Waals surface area contributed by atoms with Crippen LogP contribution in [0.5, 0.6) is 0 Å². The molecule has 0 aromatic heterocycles. The van der Waals surface area contributed by atoms with Crippen LogP contribution in [0.1, 0.15) is 0 Å². The fourth-order valence-corrected chi connectivity index (χ4v) is 2.00. The zero-order chi connectivity index (χ0) is 12.9. The summed E-state index contributed by atoms with van der Waals surface area (Å²) in [5, 5.41) is 2.90. The number of benzene rings is 1. The van der Waals surface area contributed by atoms with E-state index < -0.39 is 0 Å². The molecule has 16 heavy (non-hydrogen) atoms. The molecule has 8 heteroatoms. The van der Waals surface area contributed by atoms with Crippen LogP contribution in [0.25, 0.3) is 0 Å². The quantitative estimate of drug-likeness (QED) is 0.435. The number of hydrogen-bond acceptors (Lipinski definition) is 1. The van der Waals surface area contributed by atoms with Gasteiger partial charge in [0.15, 0.2) is 0 Å². The Morgan fingerprint density at radius 2 is 0.875 bits per heavy atom. The van der Waals surface area contributed by atoms with Gasteiger partial charge in [-0.25, -0.2) is 0 Å². The van der Waals surface area contributed by atoms with Crippen molar-refractivity contribution in [3.05, 3.63) is 30.1 Å². The molecule has 1 aromatic carbocycles. The zero-order valence-corrected chi connectivity index (χ0v) is 12.3. The summed E-state index contributed by atoms with van der Waals surface area (Å²) < 4.78 is 0. The predicted molar refractivity (Wildman–Crippen MR) is 71.6 cm³/mol. The van der Waals surface area contributed by atoms with Gasteiger partial charge in [-0.05, 0) is 0 Å². The molecule has 0 fully saturated rings. The lowest BCUT2D eigenvalue weighted by Gasteiger charge is -2.06. The molecule has 1 amide bonds. The molecule has 1 aromatic rings. The van der Waals surface area contributed by atoms with E-state index in [-0.39, 0.29) is 30.1 Å². The van der Waals surface area contributed by atoms with Crippen molar-refractivity contribution in [2.45, 2.75) is 0 Å². The van der Waals surface area contributed by atoms with Crippen LogP contribution in [-0.4, -0.2) is 13.5 Å². The van der Waals surface area contributed by atoms with Crippen molar-refractivity contribution in [2.24, 2.45) is 0 Å². The van der Waals surface area contributed by atoms with Crippen LogP contribution in [0.2, 0.25) is 30.1 Å². The third-order valence-electron chi connectivity index (χ3n) is 1.27. The minimum absolute atomic E-state index is 0.109. The summed E-state index contributed by atoms with van der Waals surface area (Å²) in [6.07, 6.45) is 0.625. The van der Waals surface area contributed by atoms with E-state index in [4.69, 9.17) is 74.4 Å². The highest BCUT2D eigenvalue weighted by Crippen LogP contribution is 2.45. The van der Waals surface area contributed by atoms with Gasteiger partial charge in [0, 0.05) is 7.05 Å². The number of carbonyl (C=O) groups is 1. The van der Waals surface area contributed by atoms with Gasteiger partial charge >= 0.3 is 0 Å². The van der Waals surface area contributed by atoms with Crippen LogP contribution in [-0.2, 0) is 4.79 Å². The van der Waals surface area contributed by atoms with Crippen molar-refractivity contribution in [3.8, 4) is 0 Å². The van der Waals surface area contributed by atoms with Gasteiger partial charge in [0.05, 0.1) is 30.1 Å². The van der Waals surface area contributed by atoms with E-state index in [0.29, 0.717) is 6.41 Å². The van der Waals surface area contributed by atoms with Crippen molar-refractivity contribution in [3.63, 3.8) is 0 Å². The number of nitrogens with one attached hydrogen (secondary N) is 1. The summed E-state index contributed by atoms with van der Waals surface area (Å²) in [6.45, 7) is 0. The average Bonchev–Trinajstić information content (AvgIpc) is 2.31. The summed E-state index contributed by atoms with van der Waals surface area (Å²) in [4.78, 5) is 9.06. The highest BCUT2D eigenvalue weighted by Gasteiger charge is 2.17. The number of hydrogen-bond donors (Lipinski definition) is 1. The lowest BCUT2D eigenvalue weighted by molar-refractivity contribution is -0.109. The van der Waals surface area contributed by atoms with Gasteiger partial charge < -0.3 is 5.32 Å². The Hall–Kier alpha value is 0.430. The zero-order valence-electron chi connectivity index (χ0n) is 7.75. The molecule has 0 aliphatic rings. The molecule has 0 atom stereocenters. The number of rotatable bonds is 1. The van der Waals surface area contributed by atoms with Crippen LogP contribution in [0.3, 0.4) is 0 Å². The molecule has 0 aliphatic carbocycles. The Balaban J connectivity index is 0.000000487. The Labute approximate surface area is 123 Å². The molecule has 1 rings (SSSR count). The standard InChI is InChI=1S/C6Cl6.C2H5NO/c7-1-2(8)4(10)6(12)5(11)3(1)9;1-3-2-4/h;2H,1H3,(H,3,4). The molecule has 0 unspecified atom stereocenters. The molecule has 0 saturated heterocycles. The SMILES string of the molecule is CNC=O.Clc1c(Cl)c(Cl)c(Cl)c(Cl)c1Cl. The van der Waals surface area contributed by atoms with Gasteiger partial charge in [-0.2, -0.15) is 0 Å². The van der Waals surface area contributed by atoms with Gasteiger partial charge in [0.25, 0.3) is 0 Å². The Kier molecular flexibility index (Phi) is 7.90. The molecule has 0 bridgehead atoms.